The van der Waals surface area contributed by atoms with Crippen LogP contribution in [0.1, 0.15) is 23.1 Å². The van der Waals surface area contributed by atoms with Gasteiger partial charge in [0.1, 0.15) is 5.82 Å². The second-order valence-corrected chi connectivity index (χ2v) is 5.72. The lowest BCUT2D eigenvalue weighted by molar-refractivity contribution is 0.617. The third-order valence-corrected chi connectivity index (χ3v) is 4.15. The summed E-state index contributed by atoms with van der Waals surface area (Å²) in [7, 11) is 1.90. The zero-order chi connectivity index (χ0) is 14.5. The quantitative estimate of drug-likeness (QED) is 0.885. The van der Waals surface area contributed by atoms with E-state index in [9.17, 15) is 4.39 Å². The second kappa shape index (κ2) is 6.81. The van der Waals surface area contributed by atoms with E-state index in [1.54, 1.807) is 17.4 Å². The molecular formula is C15H20FN3S. The first kappa shape index (κ1) is 14.9. The SMILES string of the molecule is CCNCc1ccc(N(C)Cc2scnc2C)c(F)c1. The van der Waals surface area contributed by atoms with Crippen molar-refractivity contribution < 1.29 is 4.39 Å². The Hall–Kier alpha value is -1.46. The molecule has 0 aliphatic heterocycles. The molecule has 0 aliphatic carbocycles. The number of anilines is 1. The van der Waals surface area contributed by atoms with Gasteiger partial charge in [0, 0.05) is 18.5 Å². The molecule has 1 aromatic carbocycles. The molecule has 0 aliphatic rings. The molecule has 0 radical (unpaired) electrons. The van der Waals surface area contributed by atoms with E-state index in [0.29, 0.717) is 18.8 Å². The molecule has 108 valence electrons. The smallest absolute Gasteiger partial charge is 0.146 e. The monoisotopic (exact) mass is 293 g/mol. The lowest BCUT2D eigenvalue weighted by Crippen LogP contribution is -2.18. The lowest BCUT2D eigenvalue weighted by atomic mass is 10.2. The summed E-state index contributed by atoms with van der Waals surface area (Å²) in [5.41, 5.74) is 4.44. The molecule has 0 atom stereocenters. The van der Waals surface area contributed by atoms with Crippen molar-refractivity contribution in [1.82, 2.24) is 10.3 Å². The van der Waals surface area contributed by atoms with Crippen LogP contribution < -0.4 is 10.2 Å². The second-order valence-electron chi connectivity index (χ2n) is 4.78. The Kier molecular flexibility index (Phi) is 5.09. The predicted molar refractivity (Wildman–Crippen MR) is 82.7 cm³/mol. The van der Waals surface area contributed by atoms with Crippen LogP contribution in [0.3, 0.4) is 0 Å². The number of halogens is 1. The summed E-state index contributed by atoms with van der Waals surface area (Å²) in [5.74, 6) is -0.176. The zero-order valence-corrected chi connectivity index (χ0v) is 12.9. The van der Waals surface area contributed by atoms with Crippen LogP contribution in [-0.4, -0.2) is 18.6 Å². The molecule has 0 bridgehead atoms. The first-order valence-electron chi connectivity index (χ1n) is 6.71. The van der Waals surface area contributed by atoms with E-state index in [4.69, 9.17) is 0 Å². The Morgan fingerprint density at radius 1 is 1.40 bits per heavy atom. The van der Waals surface area contributed by atoms with Gasteiger partial charge in [0.15, 0.2) is 0 Å². The molecule has 0 spiro atoms. The molecule has 5 heteroatoms. The molecule has 1 N–H and O–H groups in total. The number of aromatic nitrogens is 1. The maximum Gasteiger partial charge on any atom is 0.146 e. The molecule has 0 amide bonds. The number of aryl methyl sites for hydroxylation is 1. The third-order valence-electron chi connectivity index (χ3n) is 3.23. The summed E-state index contributed by atoms with van der Waals surface area (Å²) in [6.07, 6.45) is 0. The average molecular weight is 293 g/mol. The van der Waals surface area contributed by atoms with Gasteiger partial charge in [0.05, 0.1) is 23.4 Å². The standard InChI is InChI=1S/C15H20FN3S/c1-4-17-8-12-5-6-14(13(16)7-12)19(3)9-15-11(2)18-10-20-15/h5-7,10,17H,4,8-9H2,1-3H3. The predicted octanol–water partition coefficient (Wildman–Crippen LogP) is 3.34. The molecule has 0 saturated carbocycles. The van der Waals surface area contributed by atoms with Gasteiger partial charge in [-0.1, -0.05) is 13.0 Å². The first-order chi connectivity index (χ1) is 9.61. The maximum absolute atomic E-state index is 14.2. The highest BCUT2D eigenvalue weighted by atomic mass is 32.1. The van der Waals surface area contributed by atoms with Crippen molar-refractivity contribution in [2.24, 2.45) is 0 Å². The van der Waals surface area contributed by atoms with Crippen molar-refractivity contribution in [2.45, 2.75) is 26.9 Å². The Morgan fingerprint density at radius 2 is 2.20 bits per heavy atom. The number of nitrogens with zero attached hydrogens (tertiary/aromatic N) is 2. The molecule has 0 fully saturated rings. The van der Waals surface area contributed by atoms with Gasteiger partial charge in [-0.05, 0) is 31.2 Å². The van der Waals surface area contributed by atoms with Crippen molar-refractivity contribution in [3.63, 3.8) is 0 Å². The summed E-state index contributed by atoms with van der Waals surface area (Å²) in [6, 6.07) is 5.42. The number of hydrogen-bond acceptors (Lipinski definition) is 4. The highest BCUT2D eigenvalue weighted by molar-refractivity contribution is 7.09. The minimum atomic E-state index is -0.176. The number of rotatable bonds is 6. The topological polar surface area (TPSA) is 28.2 Å². The number of nitrogens with one attached hydrogen (secondary N) is 1. The normalized spacial score (nSPS) is 10.8. The molecule has 20 heavy (non-hydrogen) atoms. The van der Waals surface area contributed by atoms with E-state index < -0.39 is 0 Å². The van der Waals surface area contributed by atoms with Crippen LogP contribution in [0.5, 0.6) is 0 Å². The van der Waals surface area contributed by atoms with Crippen molar-refractivity contribution in [2.75, 3.05) is 18.5 Å². The molecule has 2 aromatic rings. The van der Waals surface area contributed by atoms with Crippen molar-refractivity contribution >= 4 is 17.0 Å². The van der Waals surface area contributed by atoms with Gasteiger partial charge in [-0.3, -0.25) is 0 Å². The highest BCUT2D eigenvalue weighted by Gasteiger charge is 2.11. The Balaban J connectivity index is 2.10. The van der Waals surface area contributed by atoms with E-state index in [0.717, 1.165) is 17.8 Å². The Morgan fingerprint density at radius 3 is 2.80 bits per heavy atom. The Bertz CT molecular complexity index is 568. The van der Waals surface area contributed by atoms with Gasteiger partial charge in [0.2, 0.25) is 0 Å². The highest BCUT2D eigenvalue weighted by Crippen LogP contribution is 2.23. The van der Waals surface area contributed by atoms with Crippen molar-refractivity contribution in [3.05, 3.63) is 45.7 Å². The van der Waals surface area contributed by atoms with Crippen LogP contribution in [0, 0.1) is 12.7 Å². The van der Waals surface area contributed by atoms with E-state index in [1.165, 1.54) is 4.88 Å². The molecule has 0 unspecified atom stereocenters. The molecule has 0 saturated heterocycles. The van der Waals surface area contributed by atoms with Crippen LogP contribution in [0.4, 0.5) is 10.1 Å². The lowest BCUT2D eigenvalue weighted by Gasteiger charge is -2.20. The largest absolute Gasteiger partial charge is 0.367 e. The molecule has 1 aromatic heterocycles. The number of hydrogen-bond donors (Lipinski definition) is 1. The fourth-order valence-corrected chi connectivity index (χ4v) is 2.85. The van der Waals surface area contributed by atoms with Crippen LogP contribution >= 0.6 is 11.3 Å². The fraction of sp³-hybridized carbons (Fsp3) is 0.400. The van der Waals surface area contributed by atoms with E-state index in [2.05, 4.69) is 10.3 Å². The van der Waals surface area contributed by atoms with E-state index >= 15 is 0 Å². The van der Waals surface area contributed by atoms with E-state index in [1.807, 2.05) is 43.4 Å². The van der Waals surface area contributed by atoms with Crippen molar-refractivity contribution in [3.8, 4) is 0 Å². The summed E-state index contributed by atoms with van der Waals surface area (Å²) in [6.45, 7) is 6.28. The third kappa shape index (κ3) is 3.55. The summed E-state index contributed by atoms with van der Waals surface area (Å²) in [5, 5.41) is 3.20. The van der Waals surface area contributed by atoms with Gasteiger partial charge in [-0.2, -0.15) is 0 Å². The number of benzene rings is 1. The minimum absolute atomic E-state index is 0.176. The Labute approximate surface area is 123 Å². The van der Waals surface area contributed by atoms with Gasteiger partial charge in [-0.25, -0.2) is 9.37 Å². The maximum atomic E-state index is 14.2. The molecular weight excluding hydrogens is 273 g/mol. The van der Waals surface area contributed by atoms with Crippen LogP contribution in [0.25, 0.3) is 0 Å². The first-order valence-corrected chi connectivity index (χ1v) is 7.59. The van der Waals surface area contributed by atoms with Gasteiger partial charge in [0.25, 0.3) is 0 Å². The molecule has 2 rings (SSSR count). The summed E-state index contributed by atoms with van der Waals surface area (Å²) in [4.78, 5) is 7.32. The van der Waals surface area contributed by atoms with Gasteiger partial charge >= 0.3 is 0 Å². The fourth-order valence-electron chi connectivity index (χ4n) is 2.02. The van der Waals surface area contributed by atoms with Crippen LogP contribution in [0.2, 0.25) is 0 Å². The van der Waals surface area contributed by atoms with Crippen molar-refractivity contribution in [1.29, 1.82) is 0 Å². The molecule has 1 heterocycles. The van der Waals surface area contributed by atoms with Gasteiger partial charge in [-0.15, -0.1) is 11.3 Å². The van der Waals surface area contributed by atoms with Crippen LogP contribution in [-0.2, 0) is 13.1 Å². The van der Waals surface area contributed by atoms with E-state index in [-0.39, 0.29) is 5.82 Å². The zero-order valence-electron chi connectivity index (χ0n) is 12.1. The molecule has 3 nitrogen and oxygen atoms in total. The minimum Gasteiger partial charge on any atom is -0.367 e. The van der Waals surface area contributed by atoms with Crippen LogP contribution in [0.15, 0.2) is 23.7 Å². The average Bonchev–Trinajstić information content (AvgIpc) is 2.82. The summed E-state index contributed by atoms with van der Waals surface area (Å²) < 4.78 is 14.2. The summed E-state index contributed by atoms with van der Waals surface area (Å²) >= 11 is 1.61. The van der Waals surface area contributed by atoms with Gasteiger partial charge < -0.3 is 10.2 Å². The number of thiazole rings is 1.